The zero-order valence-corrected chi connectivity index (χ0v) is 18.9. The molecule has 0 bridgehead atoms. The number of piperidine rings is 1. The van der Waals surface area contributed by atoms with Gasteiger partial charge in [-0.25, -0.2) is 9.80 Å². The Labute approximate surface area is 176 Å². The summed E-state index contributed by atoms with van der Waals surface area (Å²) in [6.45, 7) is 18.4. The fourth-order valence-corrected chi connectivity index (χ4v) is 3.23. The van der Waals surface area contributed by atoms with Gasteiger partial charge in [0.2, 0.25) is 5.91 Å². The van der Waals surface area contributed by atoms with Crippen molar-refractivity contribution in [1.29, 1.82) is 0 Å². The third kappa shape index (κ3) is 8.73. The highest BCUT2D eigenvalue weighted by Crippen LogP contribution is 2.22. The van der Waals surface area contributed by atoms with Crippen LogP contribution < -0.4 is 5.32 Å². The molecule has 1 aliphatic rings. The van der Waals surface area contributed by atoms with E-state index in [4.69, 9.17) is 4.74 Å². The van der Waals surface area contributed by atoms with Crippen LogP contribution >= 0.6 is 0 Å². The van der Waals surface area contributed by atoms with E-state index in [1.165, 1.54) is 6.92 Å². The van der Waals surface area contributed by atoms with Crippen molar-refractivity contribution in [1.82, 2.24) is 20.2 Å². The second-order valence-corrected chi connectivity index (χ2v) is 8.53. The zero-order chi connectivity index (χ0) is 22.2. The number of amides is 2. The molecule has 7 nitrogen and oxygen atoms in total. The van der Waals surface area contributed by atoms with E-state index in [2.05, 4.69) is 35.4 Å². The zero-order valence-electron chi connectivity index (χ0n) is 18.9. The maximum atomic E-state index is 12.3. The van der Waals surface area contributed by atoms with E-state index in [9.17, 15) is 9.59 Å². The van der Waals surface area contributed by atoms with Crippen molar-refractivity contribution in [2.45, 2.75) is 71.6 Å². The summed E-state index contributed by atoms with van der Waals surface area (Å²) < 4.78 is 5.47. The van der Waals surface area contributed by atoms with Crippen molar-refractivity contribution in [2.24, 2.45) is 0 Å². The van der Waals surface area contributed by atoms with Gasteiger partial charge < -0.3 is 20.0 Å². The number of carbonyl (C=O) groups excluding carboxylic acids is 2. The summed E-state index contributed by atoms with van der Waals surface area (Å²) in [4.78, 5) is 25.1. The molecule has 7 heteroatoms. The van der Waals surface area contributed by atoms with Crippen molar-refractivity contribution < 1.29 is 14.3 Å². The van der Waals surface area contributed by atoms with Gasteiger partial charge in [-0.2, -0.15) is 0 Å². The maximum absolute atomic E-state index is 12.3. The highest BCUT2D eigenvalue weighted by Gasteiger charge is 2.30. The van der Waals surface area contributed by atoms with Crippen LogP contribution in [0.15, 0.2) is 37.2 Å². The van der Waals surface area contributed by atoms with Crippen LogP contribution in [0.1, 0.15) is 53.9 Å². The third-order valence-corrected chi connectivity index (χ3v) is 4.81. The Morgan fingerprint density at radius 2 is 1.90 bits per heavy atom. The molecule has 1 fully saturated rings. The van der Waals surface area contributed by atoms with Gasteiger partial charge in [0.15, 0.2) is 0 Å². The van der Waals surface area contributed by atoms with Gasteiger partial charge in [-0.05, 0) is 53.0 Å². The summed E-state index contributed by atoms with van der Waals surface area (Å²) in [5, 5.41) is 6.99. The monoisotopic (exact) mass is 406 g/mol. The van der Waals surface area contributed by atoms with Crippen LogP contribution in [0.4, 0.5) is 4.79 Å². The Morgan fingerprint density at radius 1 is 1.31 bits per heavy atom. The van der Waals surface area contributed by atoms with Crippen molar-refractivity contribution in [3.63, 3.8) is 0 Å². The number of nitrogens with zero attached hydrogens (tertiary/aromatic N) is 3. The Kier molecular flexibility index (Phi) is 9.43. The molecule has 1 heterocycles. The second-order valence-electron chi connectivity index (χ2n) is 8.53. The average Bonchev–Trinajstić information content (AvgIpc) is 2.60. The summed E-state index contributed by atoms with van der Waals surface area (Å²) in [6, 6.07) is 0.523. The lowest BCUT2D eigenvalue weighted by molar-refractivity contribution is -0.118. The molecule has 0 aromatic carbocycles. The molecule has 0 aromatic heterocycles. The molecule has 1 saturated heterocycles. The van der Waals surface area contributed by atoms with Crippen LogP contribution in [0.25, 0.3) is 0 Å². The molecule has 1 rings (SSSR count). The lowest BCUT2D eigenvalue weighted by Crippen LogP contribution is -2.52. The lowest BCUT2D eigenvalue weighted by atomic mass is 10.0. The van der Waals surface area contributed by atoms with Crippen molar-refractivity contribution in [3.05, 3.63) is 37.2 Å². The smallest absolute Gasteiger partial charge is 0.410 e. The highest BCUT2D eigenvalue weighted by molar-refractivity contribution is 5.75. The van der Waals surface area contributed by atoms with Gasteiger partial charge in [0.1, 0.15) is 5.60 Å². The van der Waals surface area contributed by atoms with E-state index in [1.54, 1.807) is 4.90 Å². The van der Waals surface area contributed by atoms with Crippen LogP contribution in [-0.4, -0.2) is 64.7 Å². The van der Waals surface area contributed by atoms with E-state index >= 15 is 0 Å². The van der Waals surface area contributed by atoms with Gasteiger partial charge in [0.05, 0.1) is 0 Å². The number of ether oxygens (including phenoxy) is 1. The molecule has 1 aliphatic heterocycles. The quantitative estimate of drug-likeness (QED) is 0.492. The fourth-order valence-electron chi connectivity index (χ4n) is 3.23. The number of rotatable bonds is 8. The first-order valence-corrected chi connectivity index (χ1v) is 10.2. The largest absolute Gasteiger partial charge is 0.444 e. The normalized spacial score (nSPS) is 16.6. The SMILES string of the molecule is C=CN(C1CCN(C(=O)OC(C)(C)C)CC1)N(C)C(C)C/C=C\C(=C)NC(C)=O. The third-order valence-electron chi connectivity index (χ3n) is 4.81. The van der Waals surface area contributed by atoms with Gasteiger partial charge in [0.25, 0.3) is 0 Å². The fraction of sp³-hybridized carbons (Fsp3) is 0.636. The number of hydrogen-bond donors (Lipinski definition) is 1. The first kappa shape index (κ1) is 24.8. The lowest BCUT2D eigenvalue weighted by Gasteiger charge is -2.44. The molecule has 0 aliphatic carbocycles. The summed E-state index contributed by atoms with van der Waals surface area (Å²) in [7, 11) is 2.04. The van der Waals surface area contributed by atoms with Crippen LogP contribution in [0.5, 0.6) is 0 Å². The number of hydrogen-bond acceptors (Lipinski definition) is 5. The summed E-state index contributed by atoms with van der Waals surface area (Å²) in [5.41, 5.74) is 0.109. The summed E-state index contributed by atoms with van der Waals surface area (Å²) >= 11 is 0. The number of carbonyl (C=O) groups is 2. The number of nitrogens with one attached hydrogen (secondary N) is 1. The number of likely N-dealkylation sites (tertiary alicyclic amines) is 1. The Bertz CT molecular complexity index is 616. The van der Waals surface area contributed by atoms with E-state index in [0.717, 1.165) is 19.3 Å². The average molecular weight is 407 g/mol. The van der Waals surface area contributed by atoms with E-state index < -0.39 is 5.60 Å². The minimum absolute atomic E-state index is 0.125. The van der Waals surface area contributed by atoms with Gasteiger partial charge in [-0.1, -0.05) is 19.2 Å². The molecule has 0 radical (unpaired) electrons. The Morgan fingerprint density at radius 3 is 2.38 bits per heavy atom. The van der Waals surface area contributed by atoms with E-state index in [1.807, 2.05) is 46.2 Å². The molecule has 0 spiro atoms. The van der Waals surface area contributed by atoms with Gasteiger partial charge in [0, 0.05) is 51.0 Å². The second kappa shape index (κ2) is 11.0. The standard InChI is InChI=1S/C22H38N4O3/c1-9-26(24(8)18(3)12-10-11-17(2)23-19(4)27)20-13-15-25(16-14-20)21(28)29-22(5,6)7/h9-11,18,20H,1-2,12-16H2,3-8H3,(H,23,27)/b11-10-. The maximum Gasteiger partial charge on any atom is 0.410 e. The predicted molar refractivity (Wildman–Crippen MR) is 117 cm³/mol. The first-order chi connectivity index (χ1) is 13.4. The highest BCUT2D eigenvalue weighted by atomic mass is 16.6. The van der Waals surface area contributed by atoms with Crippen LogP contribution in [0, 0.1) is 0 Å². The van der Waals surface area contributed by atoms with E-state index in [0.29, 0.717) is 18.8 Å². The first-order valence-electron chi connectivity index (χ1n) is 10.2. The van der Waals surface area contributed by atoms with Gasteiger partial charge >= 0.3 is 6.09 Å². The predicted octanol–water partition coefficient (Wildman–Crippen LogP) is 3.66. The molecular formula is C22H38N4O3. The Hall–Kier alpha value is -2.28. The van der Waals surface area contributed by atoms with Crippen molar-refractivity contribution >= 4 is 12.0 Å². The molecule has 1 unspecified atom stereocenters. The number of allylic oxidation sites excluding steroid dienone is 1. The topological polar surface area (TPSA) is 65.1 Å². The minimum atomic E-state index is -0.477. The van der Waals surface area contributed by atoms with Crippen molar-refractivity contribution in [2.75, 3.05) is 20.1 Å². The van der Waals surface area contributed by atoms with Crippen LogP contribution in [0.2, 0.25) is 0 Å². The molecule has 1 atom stereocenters. The Balaban J connectivity index is 2.56. The summed E-state index contributed by atoms with van der Waals surface area (Å²) in [6.07, 6.45) is 7.96. The number of hydrazine groups is 1. The minimum Gasteiger partial charge on any atom is -0.444 e. The molecule has 29 heavy (non-hydrogen) atoms. The van der Waals surface area contributed by atoms with Crippen molar-refractivity contribution in [3.8, 4) is 0 Å². The van der Waals surface area contributed by atoms with Gasteiger partial charge in [-0.3, -0.25) is 4.79 Å². The molecule has 0 aromatic rings. The molecule has 2 amide bonds. The molecular weight excluding hydrogens is 368 g/mol. The summed E-state index contributed by atoms with van der Waals surface area (Å²) in [5.74, 6) is -0.125. The van der Waals surface area contributed by atoms with Crippen LogP contribution in [-0.2, 0) is 9.53 Å². The van der Waals surface area contributed by atoms with E-state index in [-0.39, 0.29) is 24.1 Å². The van der Waals surface area contributed by atoms with Gasteiger partial charge in [-0.15, -0.1) is 0 Å². The molecule has 0 saturated carbocycles. The molecule has 1 N–H and O–H groups in total. The van der Waals surface area contributed by atoms with Crippen LogP contribution in [0.3, 0.4) is 0 Å². The molecule has 164 valence electrons.